The Morgan fingerprint density at radius 2 is 1.80 bits per heavy atom. The van der Waals surface area contributed by atoms with Gasteiger partial charge in [0.2, 0.25) is 5.91 Å². The van der Waals surface area contributed by atoms with Crippen molar-refractivity contribution < 1.29 is 19.1 Å². The van der Waals surface area contributed by atoms with Crippen LogP contribution in [0.1, 0.15) is 86.3 Å². The number of hydrogen-bond donors (Lipinski definition) is 1. The number of aromatic nitrogens is 4. The van der Waals surface area contributed by atoms with Gasteiger partial charge >= 0.3 is 6.09 Å². The molecule has 4 aromatic rings. The number of pyridine rings is 1. The Bertz CT molecular complexity index is 1770. The first-order valence-corrected chi connectivity index (χ1v) is 15.6. The number of likely N-dealkylation sites (tertiary alicyclic amines) is 1. The standard InChI is InChI=1S/C34H45N7O4/c1-20(2)30-25-15-24(23-11-13-39(14-12-23)17-28(35)42)9-10-27(25)41(29(43)18-38(8)33(44)45-34(5,6)7)31(30)26-16-40-32(36-19-37-40)22(4)21(26)3/h9-10,15-16,19-20,23H,11-14,17-18H2,1-8H3,(H2,35,42). The van der Waals surface area contributed by atoms with E-state index in [1.165, 1.54) is 16.8 Å². The van der Waals surface area contributed by atoms with E-state index in [4.69, 9.17) is 10.5 Å². The molecule has 1 aliphatic rings. The van der Waals surface area contributed by atoms with Crippen LogP contribution < -0.4 is 5.73 Å². The largest absolute Gasteiger partial charge is 0.444 e. The van der Waals surface area contributed by atoms with Gasteiger partial charge in [-0.2, -0.15) is 5.10 Å². The minimum Gasteiger partial charge on any atom is -0.444 e. The Balaban J connectivity index is 1.66. The maximum atomic E-state index is 14.3. The molecule has 4 heterocycles. The number of hydrogen-bond acceptors (Lipinski definition) is 7. The van der Waals surface area contributed by atoms with E-state index in [0.29, 0.717) is 5.92 Å². The van der Waals surface area contributed by atoms with Crippen LogP contribution in [0.15, 0.2) is 30.7 Å². The summed E-state index contributed by atoms with van der Waals surface area (Å²) in [5.41, 5.74) is 12.3. The van der Waals surface area contributed by atoms with Crippen molar-refractivity contribution in [3.63, 3.8) is 0 Å². The van der Waals surface area contributed by atoms with E-state index in [2.05, 4.69) is 41.0 Å². The van der Waals surface area contributed by atoms with Crippen molar-refractivity contribution in [1.29, 1.82) is 0 Å². The number of nitrogens with two attached hydrogens (primary N) is 1. The Morgan fingerprint density at radius 1 is 1.11 bits per heavy atom. The average molecular weight is 616 g/mol. The minimum atomic E-state index is -0.682. The fourth-order valence-electron chi connectivity index (χ4n) is 6.46. The maximum absolute atomic E-state index is 14.3. The summed E-state index contributed by atoms with van der Waals surface area (Å²) < 4.78 is 9.08. The van der Waals surface area contributed by atoms with Gasteiger partial charge in [-0.1, -0.05) is 19.9 Å². The summed E-state index contributed by atoms with van der Waals surface area (Å²) in [7, 11) is 1.58. The molecule has 3 aromatic heterocycles. The van der Waals surface area contributed by atoms with Crippen LogP contribution >= 0.6 is 0 Å². The molecule has 2 amide bonds. The first kappa shape index (κ1) is 32.2. The number of nitrogens with zero attached hydrogens (tertiary/aromatic N) is 6. The monoisotopic (exact) mass is 615 g/mol. The number of fused-ring (bicyclic) bond motifs is 2. The highest BCUT2D eigenvalue weighted by Gasteiger charge is 2.30. The molecule has 0 aliphatic carbocycles. The second kappa shape index (κ2) is 12.3. The molecule has 240 valence electrons. The Kier molecular flexibility index (Phi) is 8.77. The number of rotatable bonds is 7. The molecule has 1 aliphatic heterocycles. The number of amides is 2. The number of carbonyl (C=O) groups is 3. The molecule has 0 bridgehead atoms. The number of primary amides is 1. The summed E-state index contributed by atoms with van der Waals surface area (Å²) in [6, 6.07) is 6.39. The van der Waals surface area contributed by atoms with Crippen molar-refractivity contribution in [3.8, 4) is 11.3 Å². The Morgan fingerprint density at radius 3 is 2.42 bits per heavy atom. The van der Waals surface area contributed by atoms with Crippen LogP contribution in [0.5, 0.6) is 0 Å². The van der Waals surface area contributed by atoms with Crippen molar-refractivity contribution in [2.24, 2.45) is 5.73 Å². The molecular weight excluding hydrogens is 570 g/mol. The molecule has 0 saturated carbocycles. The zero-order valence-corrected chi connectivity index (χ0v) is 27.7. The summed E-state index contributed by atoms with van der Waals surface area (Å²) in [6.07, 6.45) is 4.77. The van der Waals surface area contributed by atoms with Gasteiger partial charge in [0.15, 0.2) is 5.65 Å². The van der Waals surface area contributed by atoms with E-state index in [1.54, 1.807) is 36.9 Å². The first-order chi connectivity index (χ1) is 21.2. The molecule has 1 fully saturated rings. The summed E-state index contributed by atoms with van der Waals surface area (Å²) in [6.45, 7) is 15.5. The van der Waals surface area contributed by atoms with Crippen LogP contribution in [0.2, 0.25) is 0 Å². The van der Waals surface area contributed by atoms with Crippen LogP contribution in [-0.2, 0) is 9.53 Å². The molecule has 1 saturated heterocycles. The van der Waals surface area contributed by atoms with Gasteiger partial charge in [0.05, 0.1) is 17.8 Å². The number of ether oxygens (including phenoxy) is 1. The van der Waals surface area contributed by atoms with Crippen LogP contribution in [0.4, 0.5) is 4.79 Å². The second-order valence-corrected chi connectivity index (χ2v) is 13.6. The van der Waals surface area contributed by atoms with Gasteiger partial charge in [-0.05, 0) is 107 Å². The molecule has 1 aromatic carbocycles. The van der Waals surface area contributed by atoms with Crippen LogP contribution in [0, 0.1) is 13.8 Å². The zero-order chi connectivity index (χ0) is 32.8. The quantitative estimate of drug-likeness (QED) is 0.300. The molecule has 45 heavy (non-hydrogen) atoms. The predicted molar refractivity (Wildman–Crippen MR) is 175 cm³/mol. The smallest absolute Gasteiger partial charge is 0.410 e. The molecule has 11 heteroatoms. The topological polar surface area (TPSA) is 128 Å². The third kappa shape index (κ3) is 6.45. The van der Waals surface area contributed by atoms with Crippen LogP contribution in [-0.4, -0.2) is 85.7 Å². The highest BCUT2D eigenvalue weighted by Crippen LogP contribution is 2.42. The van der Waals surface area contributed by atoms with Gasteiger partial charge in [-0.15, -0.1) is 0 Å². The van der Waals surface area contributed by atoms with Crippen molar-refractivity contribution in [2.75, 3.05) is 33.2 Å². The van der Waals surface area contributed by atoms with Gasteiger partial charge < -0.3 is 15.4 Å². The summed E-state index contributed by atoms with van der Waals surface area (Å²) in [4.78, 5) is 46.5. The lowest BCUT2D eigenvalue weighted by Crippen LogP contribution is -2.39. The zero-order valence-electron chi connectivity index (χ0n) is 27.7. The third-order valence-corrected chi connectivity index (χ3v) is 8.75. The van der Waals surface area contributed by atoms with Crippen LogP contribution in [0.3, 0.4) is 0 Å². The molecule has 0 unspecified atom stereocenters. The van der Waals surface area contributed by atoms with Gasteiger partial charge in [-0.3, -0.25) is 19.1 Å². The second-order valence-electron chi connectivity index (χ2n) is 13.6. The predicted octanol–water partition coefficient (Wildman–Crippen LogP) is 5.26. The third-order valence-electron chi connectivity index (χ3n) is 8.75. The Labute approximate surface area is 264 Å². The highest BCUT2D eigenvalue weighted by molar-refractivity contribution is 6.03. The van der Waals surface area contributed by atoms with E-state index in [9.17, 15) is 14.4 Å². The van der Waals surface area contributed by atoms with Gasteiger partial charge in [0.25, 0.3) is 5.91 Å². The van der Waals surface area contributed by atoms with Gasteiger partial charge in [-0.25, -0.2) is 14.3 Å². The van der Waals surface area contributed by atoms with Crippen molar-refractivity contribution in [1.82, 2.24) is 29.0 Å². The number of piperidine rings is 1. The maximum Gasteiger partial charge on any atom is 0.410 e. The van der Waals surface area contributed by atoms with Crippen molar-refractivity contribution in [3.05, 3.63) is 53.0 Å². The van der Waals surface area contributed by atoms with E-state index < -0.39 is 11.7 Å². The van der Waals surface area contributed by atoms with E-state index in [0.717, 1.165) is 70.4 Å². The molecule has 2 N–H and O–H groups in total. The molecule has 0 spiro atoms. The molecule has 5 rings (SSSR count). The van der Waals surface area contributed by atoms with Crippen LogP contribution in [0.25, 0.3) is 27.8 Å². The number of likely N-dealkylation sites (N-methyl/N-ethyl adjacent to an activating group) is 1. The number of aryl methyl sites for hydroxylation is 1. The summed E-state index contributed by atoms with van der Waals surface area (Å²) in [5, 5.41) is 5.44. The Hall–Kier alpha value is -4.25. The average Bonchev–Trinajstić information content (AvgIpc) is 3.56. The van der Waals surface area contributed by atoms with Crippen molar-refractivity contribution >= 4 is 34.5 Å². The molecular formula is C34H45N7O4. The van der Waals surface area contributed by atoms with E-state index in [-0.39, 0.29) is 30.8 Å². The summed E-state index contributed by atoms with van der Waals surface area (Å²) >= 11 is 0. The first-order valence-electron chi connectivity index (χ1n) is 15.6. The highest BCUT2D eigenvalue weighted by atomic mass is 16.6. The lowest BCUT2D eigenvalue weighted by molar-refractivity contribution is -0.119. The number of carbonyl (C=O) groups excluding carboxylic acids is 3. The van der Waals surface area contributed by atoms with Crippen molar-refractivity contribution in [2.45, 2.75) is 78.7 Å². The molecule has 0 radical (unpaired) electrons. The fourth-order valence-corrected chi connectivity index (χ4v) is 6.46. The fraction of sp³-hybridized carbons (Fsp3) is 0.500. The summed E-state index contributed by atoms with van der Waals surface area (Å²) in [5.74, 6) is -0.130. The van der Waals surface area contributed by atoms with Gasteiger partial charge in [0.1, 0.15) is 18.5 Å². The SMILES string of the molecule is Cc1c(-c2c(C(C)C)c3cc(C4CCN(CC(N)=O)CC4)ccc3n2C(=O)CN(C)C(=O)OC(C)(C)C)cn2ncnc2c1C. The molecule has 11 nitrogen and oxygen atoms in total. The normalized spacial score (nSPS) is 14.9. The molecule has 0 atom stereocenters. The number of benzene rings is 1. The van der Waals surface area contributed by atoms with E-state index in [1.807, 2.05) is 26.1 Å². The lowest BCUT2D eigenvalue weighted by atomic mass is 9.87. The minimum absolute atomic E-state index is 0.0824. The van der Waals surface area contributed by atoms with E-state index >= 15 is 0 Å². The lowest BCUT2D eigenvalue weighted by Gasteiger charge is -2.31. The van der Waals surface area contributed by atoms with Gasteiger partial charge in [0, 0.05) is 24.2 Å².